The Morgan fingerprint density at radius 2 is 1.75 bits per heavy atom. The number of nitrogens with zero attached hydrogens (tertiary/aromatic N) is 2. The summed E-state index contributed by atoms with van der Waals surface area (Å²) < 4.78 is 0. The molecule has 132 valence electrons. The first-order valence-corrected chi connectivity index (χ1v) is 9.46. The summed E-state index contributed by atoms with van der Waals surface area (Å²) in [5.41, 5.74) is 4.05. The van der Waals surface area contributed by atoms with Crippen LogP contribution in [0.4, 0.5) is 5.69 Å². The van der Waals surface area contributed by atoms with Gasteiger partial charge in [-0.05, 0) is 62.8 Å². The SMILES string of the molecule is Cc1cc(C)cc(N2CCC(NCCN3CCCCC3=O)CC2)c1. The lowest BCUT2D eigenvalue weighted by Crippen LogP contribution is -2.46. The molecule has 4 heteroatoms. The maximum atomic E-state index is 11.8. The number of hydrogen-bond acceptors (Lipinski definition) is 3. The fraction of sp³-hybridized carbons (Fsp3) is 0.650. The number of piperidine rings is 2. The fourth-order valence-corrected chi connectivity index (χ4v) is 3.98. The van der Waals surface area contributed by atoms with Gasteiger partial charge in [0.1, 0.15) is 0 Å². The van der Waals surface area contributed by atoms with E-state index in [1.807, 2.05) is 4.90 Å². The predicted molar refractivity (Wildman–Crippen MR) is 99.6 cm³/mol. The van der Waals surface area contributed by atoms with E-state index >= 15 is 0 Å². The molecule has 24 heavy (non-hydrogen) atoms. The third-order valence-electron chi connectivity index (χ3n) is 5.30. The van der Waals surface area contributed by atoms with Gasteiger partial charge in [0.15, 0.2) is 0 Å². The van der Waals surface area contributed by atoms with Crippen molar-refractivity contribution in [3.63, 3.8) is 0 Å². The standard InChI is InChI=1S/C20H31N3O/c1-16-13-17(2)15-19(14-16)22-10-6-18(7-11-22)21-8-12-23-9-4-3-5-20(23)24/h13-15,18,21H,3-12H2,1-2H3. The summed E-state index contributed by atoms with van der Waals surface area (Å²) in [5.74, 6) is 0.340. The number of amides is 1. The first-order chi connectivity index (χ1) is 11.6. The van der Waals surface area contributed by atoms with Crippen LogP contribution in [0.1, 0.15) is 43.2 Å². The normalized spacial score (nSPS) is 19.8. The summed E-state index contributed by atoms with van der Waals surface area (Å²) in [6.45, 7) is 9.33. The number of rotatable bonds is 5. The quantitative estimate of drug-likeness (QED) is 0.902. The van der Waals surface area contributed by atoms with Gasteiger partial charge in [-0.15, -0.1) is 0 Å². The molecule has 0 bridgehead atoms. The van der Waals surface area contributed by atoms with E-state index in [0.29, 0.717) is 11.9 Å². The second-order valence-electron chi connectivity index (χ2n) is 7.40. The molecular weight excluding hydrogens is 298 g/mol. The lowest BCUT2D eigenvalue weighted by molar-refractivity contribution is -0.133. The highest BCUT2D eigenvalue weighted by Crippen LogP contribution is 2.22. The second kappa shape index (κ2) is 8.02. The number of aryl methyl sites for hydroxylation is 2. The molecule has 0 atom stereocenters. The van der Waals surface area contributed by atoms with Crippen LogP contribution in [-0.4, -0.2) is 49.6 Å². The molecule has 1 N–H and O–H groups in total. The van der Waals surface area contributed by atoms with Crippen LogP contribution in [0.15, 0.2) is 18.2 Å². The largest absolute Gasteiger partial charge is 0.371 e. The van der Waals surface area contributed by atoms with Crippen LogP contribution >= 0.6 is 0 Å². The third kappa shape index (κ3) is 4.50. The first-order valence-electron chi connectivity index (χ1n) is 9.46. The number of anilines is 1. The van der Waals surface area contributed by atoms with E-state index in [-0.39, 0.29) is 0 Å². The molecule has 2 fully saturated rings. The van der Waals surface area contributed by atoms with Crippen molar-refractivity contribution in [2.45, 2.75) is 52.0 Å². The number of carbonyl (C=O) groups is 1. The van der Waals surface area contributed by atoms with Crippen molar-refractivity contribution in [3.05, 3.63) is 29.3 Å². The maximum Gasteiger partial charge on any atom is 0.222 e. The number of hydrogen-bond donors (Lipinski definition) is 1. The van der Waals surface area contributed by atoms with Crippen LogP contribution in [0, 0.1) is 13.8 Å². The predicted octanol–water partition coefficient (Wildman–Crippen LogP) is 2.87. The average Bonchev–Trinajstić information content (AvgIpc) is 2.56. The molecule has 2 heterocycles. The van der Waals surface area contributed by atoms with Gasteiger partial charge in [-0.3, -0.25) is 4.79 Å². The van der Waals surface area contributed by atoms with Gasteiger partial charge in [-0.1, -0.05) is 6.07 Å². The van der Waals surface area contributed by atoms with Crippen molar-refractivity contribution in [2.24, 2.45) is 0 Å². The highest BCUT2D eigenvalue weighted by molar-refractivity contribution is 5.76. The molecule has 4 nitrogen and oxygen atoms in total. The van der Waals surface area contributed by atoms with Crippen LogP contribution in [0.25, 0.3) is 0 Å². The smallest absolute Gasteiger partial charge is 0.222 e. The van der Waals surface area contributed by atoms with Gasteiger partial charge in [0.05, 0.1) is 0 Å². The summed E-state index contributed by atoms with van der Waals surface area (Å²) in [5, 5.41) is 3.66. The average molecular weight is 329 g/mol. The molecule has 0 aromatic heterocycles. The van der Waals surface area contributed by atoms with E-state index < -0.39 is 0 Å². The van der Waals surface area contributed by atoms with Gasteiger partial charge in [0.2, 0.25) is 5.91 Å². The van der Waals surface area contributed by atoms with E-state index in [9.17, 15) is 4.79 Å². The van der Waals surface area contributed by atoms with Crippen molar-refractivity contribution in [2.75, 3.05) is 37.6 Å². The van der Waals surface area contributed by atoms with Crippen LogP contribution in [-0.2, 0) is 4.79 Å². The van der Waals surface area contributed by atoms with Crippen molar-refractivity contribution >= 4 is 11.6 Å². The minimum absolute atomic E-state index is 0.340. The van der Waals surface area contributed by atoms with Crippen molar-refractivity contribution in [3.8, 4) is 0 Å². The Morgan fingerprint density at radius 3 is 2.42 bits per heavy atom. The highest BCUT2D eigenvalue weighted by Gasteiger charge is 2.21. The van der Waals surface area contributed by atoms with Gasteiger partial charge >= 0.3 is 0 Å². The van der Waals surface area contributed by atoms with Crippen molar-refractivity contribution in [1.82, 2.24) is 10.2 Å². The number of carbonyl (C=O) groups excluding carboxylic acids is 1. The Labute approximate surface area is 146 Å². The molecule has 0 aliphatic carbocycles. The summed E-state index contributed by atoms with van der Waals surface area (Å²) in [6.07, 6.45) is 5.34. The Kier molecular flexibility index (Phi) is 5.77. The lowest BCUT2D eigenvalue weighted by atomic mass is 10.0. The summed E-state index contributed by atoms with van der Waals surface area (Å²) in [7, 11) is 0. The molecule has 0 radical (unpaired) electrons. The maximum absolute atomic E-state index is 11.8. The molecular formula is C20H31N3O. The van der Waals surface area contributed by atoms with Crippen molar-refractivity contribution < 1.29 is 4.79 Å². The van der Waals surface area contributed by atoms with Crippen LogP contribution in [0.3, 0.4) is 0 Å². The molecule has 0 saturated carbocycles. The highest BCUT2D eigenvalue weighted by atomic mass is 16.2. The second-order valence-corrected chi connectivity index (χ2v) is 7.40. The van der Waals surface area contributed by atoms with E-state index in [1.54, 1.807) is 0 Å². The van der Waals surface area contributed by atoms with Crippen LogP contribution in [0.5, 0.6) is 0 Å². The molecule has 0 unspecified atom stereocenters. The van der Waals surface area contributed by atoms with Crippen LogP contribution in [0.2, 0.25) is 0 Å². The minimum Gasteiger partial charge on any atom is -0.371 e. The molecule has 0 spiro atoms. The van der Waals surface area contributed by atoms with E-state index in [1.165, 1.54) is 36.1 Å². The van der Waals surface area contributed by atoms with Gasteiger partial charge in [-0.2, -0.15) is 0 Å². The topological polar surface area (TPSA) is 35.6 Å². The fourth-order valence-electron chi connectivity index (χ4n) is 3.98. The zero-order valence-corrected chi connectivity index (χ0v) is 15.2. The van der Waals surface area contributed by atoms with E-state index in [2.05, 4.69) is 42.3 Å². The number of benzene rings is 1. The number of nitrogens with one attached hydrogen (secondary N) is 1. The Morgan fingerprint density at radius 1 is 1.04 bits per heavy atom. The molecule has 2 aliphatic heterocycles. The molecule has 2 saturated heterocycles. The summed E-state index contributed by atoms with van der Waals surface area (Å²) in [6, 6.07) is 7.41. The van der Waals surface area contributed by atoms with Gasteiger partial charge < -0.3 is 15.1 Å². The van der Waals surface area contributed by atoms with Crippen LogP contribution < -0.4 is 10.2 Å². The molecule has 1 aromatic carbocycles. The molecule has 2 aliphatic rings. The zero-order valence-electron chi connectivity index (χ0n) is 15.2. The van der Waals surface area contributed by atoms with E-state index in [4.69, 9.17) is 0 Å². The van der Waals surface area contributed by atoms with Gasteiger partial charge in [0, 0.05) is 50.9 Å². The van der Waals surface area contributed by atoms with Crippen molar-refractivity contribution in [1.29, 1.82) is 0 Å². The molecule has 1 aromatic rings. The van der Waals surface area contributed by atoms with E-state index in [0.717, 1.165) is 45.6 Å². The summed E-state index contributed by atoms with van der Waals surface area (Å²) in [4.78, 5) is 16.4. The van der Waals surface area contributed by atoms with Gasteiger partial charge in [-0.25, -0.2) is 0 Å². The monoisotopic (exact) mass is 329 g/mol. The summed E-state index contributed by atoms with van der Waals surface area (Å²) >= 11 is 0. The Bertz CT molecular complexity index is 544. The zero-order chi connectivity index (χ0) is 16.9. The molecule has 1 amide bonds. The number of likely N-dealkylation sites (tertiary alicyclic amines) is 1. The Balaban J connectivity index is 1.41. The Hall–Kier alpha value is -1.55. The van der Waals surface area contributed by atoms with Gasteiger partial charge in [0.25, 0.3) is 0 Å². The lowest BCUT2D eigenvalue weighted by Gasteiger charge is -2.35. The molecule has 3 rings (SSSR count). The first kappa shape index (κ1) is 17.3. The third-order valence-corrected chi connectivity index (χ3v) is 5.30. The minimum atomic E-state index is 0.340.